The van der Waals surface area contributed by atoms with Crippen LogP contribution in [0.25, 0.3) is 0 Å². The molecule has 40 heavy (non-hydrogen) atoms. The van der Waals surface area contributed by atoms with E-state index in [-0.39, 0.29) is 48.0 Å². The fourth-order valence-corrected chi connectivity index (χ4v) is 9.98. The first-order valence-electron chi connectivity index (χ1n) is 14.2. The number of nitrogens with zero attached hydrogens (tertiary/aromatic N) is 3. The highest BCUT2D eigenvalue weighted by Crippen LogP contribution is 2.69. The van der Waals surface area contributed by atoms with Crippen molar-refractivity contribution < 1.29 is 19.5 Å². The van der Waals surface area contributed by atoms with Gasteiger partial charge < -0.3 is 19.8 Å². The Morgan fingerprint density at radius 3 is 2.52 bits per heavy atom. The van der Waals surface area contributed by atoms with Crippen molar-refractivity contribution in [3.63, 3.8) is 0 Å². The number of thioether (sulfide) groups is 1. The maximum atomic E-state index is 14.9. The van der Waals surface area contributed by atoms with Crippen molar-refractivity contribution in [3.05, 3.63) is 54.1 Å². The third-order valence-electron chi connectivity index (χ3n) is 9.36. The number of fused-ring (bicyclic) bond motifs is 1. The van der Waals surface area contributed by atoms with Gasteiger partial charge in [-0.1, -0.05) is 63.1 Å². The van der Waals surface area contributed by atoms with Crippen molar-refractivity contribution in [2.45, 2.75) is 62.6 Å². The number of halogens is 1. The van der Waals surface area contributed by atoms with Gasteiger partial charge >= 0.3 is 0 Å². The van der Waals surface area contributed by atoms with Crippen LogP contribution in [0, 0.1) is 30.6 Å². The highest BCUT2D eigenvalue weighted by Gasteiger charge is 2.77. The molecule has 3 aliphatic rings. The second-order valence-electron chi connectivity index (χ2n) is 11.6. The predicted molar refractivity (Wildman–Crippen MR) is 162 cm³/mol. The number of hydrogen-bond donors (Lipinski definition) is 1. The number of benzene rings is 1. The predicted octanol–water partition coefficient (Wildman–Crippen LogP) is 4.56. The van der Waals surface area contributed by atoms with Gasteiger partial charge in [-0.25, -0.2) is 0 Å². The lowest BCUT2D eigenvalue weighted by atomic mass is 9.65. The van der Waals surface area contributed by atoms with Gasteiger partial charge in [0.1, 0.15) is 6.04 Å². The van der Waals surface area contributed by atoms with Crippen molar-refractivity contribution >= 4 is 46.8 Å². The fraction of sp³-hybridized carbons (Fsp3) is 0.581. The van der Waals surface area contributed by atoms with Gasteiger partial charge in [0, 0.05) is 25.4 Å². The Morgan fingerprint density at radius 2 is 1.95 bits per heavy atom. The van der Waals surface area contributed by atoms with Crippen LogP contribution in [-0.4, -0.2) is 81.5 Å². The fourth-order valence-electron chi connectivity index (χ4n) is 7.26. The summed E-state index contributed by atoms with van der Waals surface area (Å²) < 4.78 is -0.802. The molecule has 2 bridgehead atoms. The summed E-state index contributed by atoms with van der Waals surface area (Å²) in [5, 5.41) is 11.0. The monoisotopic (exact) mass is 587 g/mol. The minimum atomic E-state index is -0.862. The molecule has 0 radical (unpaired) electrons. The molecule has 3 saturated heterocycles. The number of carbonyl (C=O) groups is 3. The van der Waals surface area contributed by atoms with Crippen LogP contribution in [0.2, 0.25) is 5.02 Å². The summed E-state index contributed by atoms with van der Waals surface area (Å²) in [7, 11) is 1.73. The van der Waals surface area contributed by atoms with E-state index in [0.29, 0.717) is 17.3 Å². The van der Waals surface area contributed by atoms with Crippen LogP contribution < -0.4 is 4.90 Å². The minimum Gasteiger partial charge on any atom is -0.394 e. The molecule has 0 saturated carbocycles. The van der Waals surface area contributed by atoms with Crippen LogP contribution in [-0.2, 0) is 14.4 Å². The normalized spacial score (nSPS) is 30.1. The number of carbonyl (C=O) groups excluding carboxylic acids is 3. The number of para-hydroxylation sites is 1. The zero-order valence-electron chi connectivity index (χ0n) is 24.2. The molecule has 9 heteroatoms. The smallest absolute Gasteiger partial charge is 0.251 e. The number of hydrogen-bond acceptors (Lipinski definition) is 5. The van der Waals surface area contributed by atoms with E-state index < -0.39 is 28.7 Å². The summed E-state index contributed by atoms with van der Waals surface area (Å²) in [6, 6.07) is 4.08. The number of likely N-dealkylation sites (tertiary alicyclic amines) is 1. The van der Waals surface area contributed by atoms with Gasteiger partial charge in [-0.3, -0.25) is 14.4 Å². The van der Waals surface area contributed by atoms with Crippen LogP contribution in [0.15, 0.2) is 43.5 Å². The molecule has 3 heterocycles. The van der Waals surface area contributed by atoms with E-state index in [9.17, 15) is 19.5 Å². The van der Waals surface area contributed by atoms with E-state index in [4.69, 9.17) is 11.6 Å². The molecule has 7 nitrogen and oxygen atoms in total. The number of aliphatic hydroxyl groups is 1. The third-order valence-corrected chi connectivity index (χ3v) is 11.7. The van der Waals surface area contributed by atoms with Crippen LogP contribution in [0.5, 0.6) is 0 Å². The number of anilines is 1. The number of rotatable bonds is 11. The van der Waals surface area contributed by atoms with Gasteiger partial charge in [-0.05, 0) is 36.8 Å². The number of amides is 3. The summed E-state index contributed by atoms with van der Waals surface area (Å²) >= 11 is 8.31. The van der Waals surface area contributed by atoms with E-state index in [2.05, 4.69) is 20.1 Å². The summed E-state index contributed by atoms with van der Waals surface area (Å²) in [4.78, 5) is 48.2. The largest absolute Gasteiger partial charge is 0.394 e. The maximum Gasteiger partial charge on any atom is 0.251 e. The number of aliphatic hydroxyl groups excluding tert-OH is 1. The van der Waals surface area contributed by atoms with Gasteiger partial charge in [0.05, 0.1) is 39.9 Å². The minimum absolute atomic E-state index is 0.0124. The lowest BCUT2D eigenvalue weighted by molar-refractivity contribution is -0.145. The quantitative estimate of drug-likeness (QED) is 0.384. The standard InChI is InChI=1S/C31H42ClN3O4S/c1-8-14-33(7)28(37)24-23-16-20(6)31(40-23)25(24)29(38)35(22(17-36)18(4)10-3)27(31)30(39)34(15-9-2)26-19(5)12-11-13-21(26)32/h8-9,11-13,18,20,22-25,27,36H,1-2,10,14-17H2,3-7H3/t18-,20?,22-,23-,24+,25-,27?,31?/m0/s1. The number of likely N-dealkylation sites (N-methyl/N-ethyl adjacent to an activating group) is 1. The molecule has 1 spiro atoms. The van der Waals surface area contributed by atoms with E-state index in [1.807, 2.05) is 32.9 Å². The first kappa shape index (κ1) is 30.7. The van der Waals surface area contributed by atoms with E-state index in [1.54, 1.807) is 51.7 Å². The molecule has 3 aliphatic heterocycles. The average molecular weight is 588 g/mol. The average Bonchev–Trinajstić information content (AvgIpc) is 3.51. The summed E-state index contributed by atoms with van der Waals surface area (Å²) in [5.74, 6) is -1.78. The van der Waals surface area contributed by atoms with Crippen LogP contribution in [0.4, 0.5) is 5.69 Å². The van der Waals surface area contributed by atoms with Gasteiger partial charge in [-0.15, -0.1) is 24.9 Å². The lowest BCUT2D eigenvalue weighted by Gasteiger charge is -2.43. The third kappa shape index (κ3) is 4.60. The molecule has 3 amide bonds. The Balaban J connectivity index is 1.91. The highest BCUT2D eigenvalue weighted by molar-refractivity contribution is 8.02. The zero-order chi connectivity index (χ0) is 29.5. The molecule has 4 rings (SSSR count). The van der Waals surface area contributed by atoms with Crippen molar-refractivity contribution in [2.24, 2.45) is 23.7 Å². The zero-order valence-corrected chi connectivity index (χ0v) is 25.8. The first-order chi connectivity index (χ1) is 19.0. The second kappa shape index (κ2) is 11.9. The van der Waals surface area contributed by atoms with E-state index in [1.165, 1.54) is 0 Å². The van der Waals surface area contributed by atoms with Crippen molar-refractivity contribution in [3.8, 4) is 0 Å². The highest BCUT2D eigenvalue weighted by atomic mass is 35.5. The molecular formula is C31H42ClN3O4S. The molecule has 1 N–H and O–H groups in total. The molecule has 8 atom stereocenters. The van der Waals surface area contributed by atoms with Gasteiger partial charge in [0.15, 0.2) is 0 Å². The second-order valence-corrected chi connectivity index (χ2v) is 13.5. The molecule has 3 fully saturated rings. The van der Waals surface area contributed by atoms with E-state index in [0.717, 1.165) is 18.4 Å². The molecule has 0 aromatic heterocycles. The van der Waals surface area contributed by atoms with Crippen molar-refractivity contribution in [1.29, 1.82) is 0 Å². The summed E-state index contributed by atoms with van der Waals surface area (Å²) in [5.41, 5.74) is 1.43. The number of aryl methyl sites for hydroxylation is 1. The molecular weight excluding hydrogens is 546 g/mol. The molecule has 1 aromatic rings. The molecule has 3 unspecified atom stereocenters. The lowest BCUT2D eigenvalue weighted by Crippen LogP contribution is -2.60. The van der Waals surface area contributed by atoms with Gasteiger partial charge in [0.2, 0.25) is 11.8 Å². The Labute approximate surface area is 247 Å². The van der Waals surface area contributed by atoms with Crippen LogP contribution in [0.1, 0.15) is 39.2 Å². The van der Waals surface area contributed by atoms with Gasteiger partial charge in [0.25, 0.3) is 5.91 Å². The SMILES string of the molecule is C=CCN(C)C(=O)[C@@H]1[C@@H]2CC(C)C3(S2)C(C(=O)N(CC=C)c2c(C)cccc2Cl)N([C@@H](CO)[C@@H](C)CC)C(=O)[C@H]13. The molecule has 0 aliphatic carbocycles. The topological polar surface area (TPSA) is 81.2 Å². The van der Waals surface area contributed by atoms with E-state index >= 15 is 0 Å². The molecule has 1 aromatic carbocycles. The Kier molecular flexibility index (Phi) is 9.13. The van der Waals surface area contributed by atoms with Crippen LogP contribution in [0.3, 0.4) is 0 Å². The summed E-state index contributed by atoms with van der Waals surface area (Å²) in [6.45, 7) is 16.0. The maximum absolute atomic E-state index is 14.9. The summed E-state index contributed by atoms with van der Waals surface area (Å²) in [6.07, 6.45) is 4.80. The Bertz CT molecular complexity index is 1170. The van der Waals surface area contributed by atoms with Gasteiger partial charge in [-0.2, -0.15) is 0 Å². The Morgan fingerprint density at radius 1 is 1.27 bits per heavy atom. The first-order valence-corrected chi connectivity index (χ1v) is 15.4. The van der Waals surface area contributed by atoms with Crippen LogP contribution >= 0.6 is 23.4 Å². The van der Waals surface area contributed by atoms with Crippen molar-refractivity contribution in [2.75, 3.05) is 31.6 Å². The Hall–Kier alpha value is -2.29. The van der Waals surface area contributed by atoms with Crippen molar-refractivity contribution in [1.82, 2.24) is 9.80 Å². The molecule has 218 valence electrons.